The molecule has 0 aliphatic rings. The van der Waals surface area contributed by atoms with Crippen molar-refractivity contribution in [3.05, 3.63) is 48.6 Å². The Hall–Kier alpha value is -1.99. The molecule has 0 saturated carbocycles. The molecule has 0 radical (unpaired) electrons. The largest absolute Gasteiger partial charge is 0.472 e. The molecule has 0 fully saturated rings. The molecule has 1 N–H and O–H groups in total. The highest BCUT2D eigenvalue weighted by Gasteiger charge is 2.25. The number of phosphoric acid groups is 1. The van der Waals surface area contributed by atoms with E-state index >= 15 is 0 Å². The zero-order chi connectivity index (χ0) is 43.2. The van der Waals surface area contributed by atoms with Crippen LogP contribution in [0.25, 0.3) is 0 Å². The second-order valence-electron chi connectivity index (χ2n) is 16.1. The fourth-order valence-electron chi connectivity index (χ4n) is 6.86. The molecule has 0 aliphatic heterocycles. The third-order valence-electron chi connectivity index (χ3n) is 10.4. The highest BCUT2D eigenvalue weighted by molar-refractivity contribution is 7.47. The lowest BCUT2D eigenvalue weighted by molar-refractivity contribution is -0.161. The SMILES string of the molecule is CC/C=C\C/C=C\C/C=C\C/C=C\CCCCCCCCCCCCC(=O)OC(COC(=O)CCCCCCCCCCCCCCCCCC)COP(=O)(O)OCC. The number of hydrogen-bond donors (Lipinski definition) is 1. The van der Waals surface area contributed by atoms with Crippen molar-refractivity contribution in [3.63, 3.8) is 0 Å². The number of esters is 2. The summed E-state index contributed by atoms with van der Waals surface area (Å²) in [6.07, 6.45) is 54.5. The predicted molar refractivity (Wildman–Crippen MR) is 249 cm³/mol. The molecule has 59 heavy (non-hydrogen) atoms. The minimum atomic E-state index is -4.28. The van der Waals surface area contributed by atoms with E-state index in [4.69, 9.17) is 18.5 Å². The molecule has 344 valence electrons. The molecule has 8 nitrogen and oxygen atoms in total. The second kappa shape index (κ2) is 45.5. The van der Waals surface area contributed by atoms with Crippen LogP contribution in [0.2, 0.25) is 0 Å². The number of phosphoric ester groups is 1. The molecule has 0 aromatic rings. The van der Waals surface area contributed by atoms with E-state index in [0.717, 1.165) is 70.6 Å². The summed E-state index contributed by atoms with van der Waals surface area (Å²) in [6.45, 7) is 5.39. The minimum absolute atomic E-state index is 0.000219. The van der Waals surface area contributed by atoms with E-state index in [0.29, 0.717) is 12.8 Å². The van der Waals surface area contributed by atoms with Gasteiger partial charge in [0.05, 0.1) is 13.2 Å². The summed E-state index contributed by atoms with van der Waals surface area (Å²) in [4.78, 5) is 34.9. The van der Waals surface area contributed by atoms with Crippen molar-refractivity contribution in [2.75, 3.05) is 19.8 Å². The zero-order valence-electron chi connectivity index (χ0n) is 38.4. The molecule has 0 spiro atoms. The number of allylic oxidation sites excluding steroid dienone is 8. The van der Waals surface area contributed by atoms with E-state index in [2.05, 4.69) is 62.5 Å². The first kappa shape index (κ1) is 57.0. The standard InChI is InChI=1S/C50H91O8P/c1-4-7-9-11-13-15-17-19-21-23-24-25-26-27-28-29-31-33-35-37-39-41-43-45-50(52)58-48(47-57-59(53,54)56-6-3)46-55-49(51)44-42-40-38-36-34-32-30-22-20-18-16-14-12-10-8-5-2/h7,9,13,15,19,21,24-25,48H,4-6,8,10-12,14,16-18,20,22-23,26-47H2,1-3H3,(H,53,54)/b9-7-,15-13-,21-19-,25-24-. The summed E-state index contributed by atoms with van der Waals surface area (Å²) < 4.78 is 32.8. The van der Waals surface area contributed by atoms with Gasteiger partial charge in [0.25, 0.3) is 0 Å². The van der Waals surface area contributed by atoms with Crippen molar-refractivity contribution in [2.45, 2.75) is 239 Å². The van der Waals surface area contributed by atoms with Gasteiger partial charge in [-0.3, -0.25) is 18.6 Å². The van der Waals surface area contributed by atoms with Crippen molar-refractivity contribution in [1.29, 1.82) is 0 Å². The lowest BCUT2D eigenvalue weighted by Gasteiger charge is -2.19. The van der Waals surface area contributed by atoms with Gasteiger partial charge in [-0.05, 0) is 58.3 Å². The van der Waals surface area contributed by atoms with Gasteiger partial charge in [-0.15, -0.1) is 0 Å². The molecule has 0 rings (SSSR count). The molecule has 0 saturated heterocycles. The van der Waals surface area contributed by atoms with Gasteiger partial charge in [0.2, 0.25) is 0 Å². The molecule has 0 aliphatic carbocycles. The Balaban J connectivity index is 3.99. The molecule has 0 aromatic carbocycles. The average molecular weight is 851 g/mol. The Bertz CT molecular complexity index is 1100. The van der Waals surface area contributed by atoms with Gasteiger partial charge in [-0.25, -0.2) is 4.57 Å². The van der Waals surface area contributed by atoms with Crippen LogP contribution in [0, 0.1) is 0 Å². The van der Waals surface area contributed by atoms with Gasteiger partial charge in [0.15, 0.2) is 6.10 Å². The van der Waals surface area contributed by atoms with E-state index in [-0.39, 0.29) is 25.6 Å². The minimum Gasteiger partial charge on any atom is -0.462 e. The van der Waals surface area contributed by atoms with Crippen molar-refractivity contribution < 1.29 is 37.6 Å². The number of ether oxygens (including phenoxy) is 2. The third-order valence-corrected chi connectivity index (χ3v) is 11.5. The maximum Gasteiger partial charge on any atom is 0.472 e. The number of carbonyl (C=O) groups is 2. The zero-order valence-corrected chi connectivity index (χ0v) is 39.3. The van der Waals surface area contributed by atoms with Crippen LogP contribution >= 0.6 is 7.82 Å². The van der Waals surface area contributed by atoms with Crippen LogP contribution in [0.5, 0.6) is 0 Å². The van der Waals surface area contributed by atoms with Gasteiger partial charge >= 0.3 is 19.8 Å². The van der Waals surface area contributed by atoms with Crippen LogP contribution < -0.4 is 0 Å². The lowest BCUT2D eigenvalue weighted by Crippen LogP contribution is -2.29. The second-order valence-corrected chi connectivity index (χ2v) is 17.6. The van der Waals surface area contributed by atoms with Gasteiger partial charge in [0.1, 0.15) is 6.61 Å². The fourth-order valence-corrected chi connectivity index (χ4v) is 7.61. The number of carbonyl (C=O) groups excluding carboxylic acids is 2. The summed E-state index contributed by atoms with van der Waals surface area (Å²) in [7, 11) is -4.28. The quantitative estimate of drug-likeness (QED) is 0.0279. The van der Waals surface area contributed by atoms with Crippen LogP contribution in [-0.4, -0.2) is 42.8 Å². The summed E-state index contributed by atoms with van der Waals surface area (Å²) in [5.74, 6) is -0.794. The lowest BCUT2D eigenvalue weighted by atomic mass is 10.0. The first-order chi connectivity index (χ1) is 28.8. The topological polar surface area (TPSA) is 108 Å². The molecular weight excluding hydrogens is 760 g/mol. The highest BCUT2D eigenvalue weighted by atomic mass is 31.2. The molecule has 0 aromatic heterocycles. The van der Waals surface area contributed by atoms with Crippen molar-refractivity contribution in [1.82, 2.24) is 0 Å². The van der Waals surface area contributed by atoms with E-state index in [1.165, 1.54) is 122 Å². The molecular formula is C50H91O8P. The van der Waals surface area contributed by atoms with Crippen molar-refractivity contribution in [3.8, 4) is 0 Å². The third kappa shape index (κ3) is 45.4. The normalized spacial score (nSPS) is 13.6. The maximum atomic E-state index is 12.6. The van der Waals surface area contributed by atoms with Crippen LogP contribution in [0.4, 0.5) is 0 Å². The van der Waals surface area contributed by atoms with E-state index in [1.807, 2.05) is 0 Å². The monoisotopic (exact) mass is 851 g/mol. The first-order valence-corrected chi connectivity index (χ1v) is 25.9. The Morgan fingerprint density at radius 2 is 0.864 bits per heavy atom. The molecule has 0 amide bonds. The predicted octanol–water partition coefficient (Wildman–Crippen LogP) is 15.7. The fraction of sp³-hybridized carbons (Fsp3) is 0.800. The number of rotatable bonds is 45. The van der Waals surface area contributed by atoms with Crippen molar-refractivity contribution in [2.24, 2.45) is 0 Å². The van der Waals surface area contributed by atoms with Crippen molar-refractivity contribution >= 4 is 19.8 Å². The smallest absolute Gasteiger partial charge is 0.462 e. The summed E-state index contributed by atoms with van der Waals surface area (Å²) in [5, 5.41) is 0. The van der Waals surface area contributed by atoms with E-state index < -0.39 is 26.5 Å². The van der Waals surface area contributed by atoms with Crippen LogP contribution in [0.1, 0.15) is 233 Å². The first-order valence-electron chi connectivity index (χ1n) is 24.4. The average Bonchev–Trinajstić information content (AvgIpc) is 3.22. The van der Waals surface area contributed by atoms with Crippen LogP contribution in [-0.2, 0) is 32.7 Å². The molecule has 9 heteroatoms. The summed E-state index contributed by atoms with van der Waals surface area (Å²) in [6, 6.07) is 0. The summed E-state index contributed by atoms with van der Waals surface area (Å²) >= 11 is 0. The summed E-state index contributed by atoms with van der Waals surface area (Å²) in [5.41, 5.74) is 0. The Morgan fingerprint density at radius 3 is 1.31 bits per heavy atom. The van der Waals surface area contributed by atoms with Crippen LogP contribution in [0.3, 0.4) is 0 Å². The maximum absolute atomic E-state index is 12.6. The number of hydrogen-bond acceptors (Lipinski definition) is 7. The molecule has 0 heterocycles. The Kier molecular flexibility index (Phi) is 44.0. The van der Waals surface area contributed by atoms with E-state index in [1.54, 1.807) is 6.92 Å². The van der Waals surface area contributed by atoms with Crippen LogP contribution in [0.15, 0.2) is 48.6 Å². The van der Waals surface area contributed by atoms with Gasteiger partial charge in [-0.2, -0.15) is 0 Å². The number of unbranched alkanes of at least 4 members (excludes halogenated alkanes) is 25. The molecule has 2 atom stereocenters. The van der Waals surface area contributed by atoms with Gasteiger partial charge in [0, 0.05) is 12.8 Å². The van der Waals surface area contributed by atoms with Gasteiger partial charge in [-0.1, -0.05) is 210 Å². The molecule has 0 bridgehead atoms. The van der Waals surface area contributed by atoms with E-state index in [9.17, 15) is 19.0 Å². The highest BCUT2D eigenvalue weighted by Crippen LogP contribution is 2.43. The molecule has 2 unspecified atom stereocenters. The Labute approximate surface area is 363 Å². The Morgan fingerprint density at radius 1 is 0.475 bits per heavy atom. The van der Waals surface area contributed by atoms with Gasteiger partial charge < -0.3 is 14.4 Å².